The highest BCUT2D eigenvalue weighted by atomic mass is 32.2. The van der Waals surface area contributed by atoms with E-state index in [2.05, 4.69) is 22.1 Å². The minimum atomic E-state index is 0.786. The van der Waals surface area contributed by atoms with Crippen molar-refractivity contribution >= 4 is 11.8 Å². The van der Waals surface area contributed by atoms with Crippen LogP contribution in [-0.2, 0) is 0 Å². The summed E-state index contributed by atoms with van der Waals surface area (Å²) in [7, 11) is 0. The fraction of sp³-hybridized carbons (Fsp3) is 0.182. The smallest absolute Gasteiger partial charge is 0.188 e. The van der Waals surface area contributed by atoms with Gasteiger partial charge in [0, 0.05) is 5.75 Å². The average Bonchev–Trinajstić information content (AvgIpc) is 2.75. The third kappa shape index (κ3) is 2.49. The van der Waals surface area contributed by atoms with Crippen LogP contribution in [0, 0.1) is 0 Å². The minimum absolute atomic E-state index is 0.786. The summed E-state index contributed by atoms with van der Waals surface area (Å²) >= 11 is 1.58. The van der Waals surface area contributed by atoms with Gasteiger partial charge in [0.15, 0.2) is 0 Å². The fourth-order valence-electron chi connectivity index (χ4n) is 1.19. The van der Waals surface area contributed by atoms with Crippen molar-refractivity contribution in [1.29, 1.82) is 0 Å². The van der Waals surface area contributed by atoms with E-state index in [1.807, 2.05) is 37.3 Å². The van der Waals surface area contributed by atoms with Crippen LogP contribution in [0.4, 0.5) is 0 Å². The van der Waals surface area contributed by atoms with Crippen molar-refractivity contribution in [3.05, 3.63) is 42.5 Å². The number of para-hydroxylation sites is 1. The first-order valence-corrected chi connectivity index (χ1v) is 5.87. The molecule has 0 bridgehead atoms. The van der Waals surface area contributed by atoms with Crippen LogP contribution in [0.2, 0.25) is 0 Å². The van der Waals surface area contributed by atoms with Crippen LogP contribution in [0.5, 0.6) is 0 Å². The van der Waals surface area contributed by atoms with E-state index in [9.17, 15) is 0 Å². The molecule has 1 heterocycles. The molecule has 0 amide bonds. The third-order valence-electron chi connectivity index (χ3n) is 1.89. The lowest BCUT2D eigenvalue weighted by atomic mass is 10.3. The van der Waals surface area contributed by atoms with Gasteiger partial charge in [0.2, 0.25) is 5.16 Å². The van der Waals surface area contributed by atoms with Gasteiger partial charge >= 0.3 is 0 Å². The molecular formula is C11H12N4S. The summed E-state index contributed by atoms with van der Waals surface area (Å²) in [5.74, 6) is 0.827. The Morgan fingerprint density at radius 3 is 2.81 bits per heavy atom. The lowest BCUT2D eigenvalue weighted by Crippen LogP contribution is -1.98. The van der Waals surface area contributed by atoms with Crippen molar-refractivity contribution < 1.29 is 0 Å². The second-order valence-corrected chi connectivity index (χ2v) is 4.40. The van der Waals surface area contributed by atoms with Gasteiger partial charge in [-0.25, -0.2) is 0 Å². The standard InChI is InChI=1S/C11H12N4S/c1-9(2)8-16-11-12-13-14-15(11)10-6-4-3-5-7-10/h3-7H,1,8H2,2H3. The Balaban J connectivity index is 2.23. The average molecular weight is 232 g/mol. The predicted molar refractivity (Wildman–Crippen MR) is 64.7 cm³/mol. The van der Waals surface area contributed by atoms with E-state index in [1.54, 1.807) is 16.4 Å². The van der Waals surface area contributed by atoms with Crippen molar-refractivity contribution in [3.8, 4) is 5.69 Å². The predicted octanol–water partition coefficient (Wildman–Crippen LogP) is 2.33. The molecule has 1 aromatic heterocycles. The van der Waals surface area contributed by atoms with Crippen molar-refractivity contribution in [2.45, 2.75) is 12.1 Å². The monoisotopic (exact) mass is 232 g/mol. The number of hydrogen-bond donors (Lipinski definition) is 0. The molecule has 0 atom stereocenters. The summed E-state index contributed by atoms with van der Waals surface area (Å²) in [6, 6.07) is 9.84. The van der Waals surface area contributed by atoms with Crippen LogP contribution in [0.1, 0.15) is 6.92 Å². The van der Waals surface area contributed by atoms with Crippen molar-refractivity contribution in [3.63, 3.8) is 0 Å². The van der Waals surface area contributed by atoms with Crippen LogP contribution >= 0.6 is 11.8 Å². The quantitative estimate of drug-likeness (QED) is 0.599. The van der Waals surface area contributed by atoms with E-state index >= 15 is 0 Å². The highest BCUT2D eigenvalue weighted by molar-refractivity contribution is 7.99. The first-order valence-electron chi connectivity index (χ1n) is 4.88. The molecule has 0 aliphatic heterocycles. The molecule has 5 heteroatoms. The lowest BCUT2D eigenvalue weighted by molar-refractivity contribution is 0.756. The number of hydrogen-bond acceptors (Lipinski definition) is 4. The Bertz CT molecular complexity index is 478. The van der Waals surface area contributed by atoms with Gasteiger partial charge in [-0.3, -0.25) is 0 Å². The maximum absolute atomic E-state index is 3.99. The van der Waals surface area contributed by atoms with E-state index in [1.165, 1.54) is 0 Å². The lowest BCUT2D eigenvalue weighted by Gasteiger charge is -2.03. The number of tetrazole rings is 1. The number of thioether (sulfide) groups is 1. The normalized spacial score (nSPS) is 10.3. The third-order valence-corrected chi connectivity index (χ3v) is 3.04. The van der Waals surface area contributed by atoms with Gasteiger partial charge in [-0.2, -0.15) is 4.68 Å². The fourth-order valence-corrected chi connectivity index (χ4v) is 1.92. The van der Waals surface area contributed by atoms with E-state index in [0.717, 1.165) is 22.2 Å². The molecule has 82 valence electrons. The minimum Gasteiger partial charge on any atom is -0.188 e. The largest absolute Gasteiger partial charge is 0.214 e. The van der Waals surface area contributed by atoms with Crippen LogP contribution in [0.3, 0.4) is 0 Å². The highest BCUT2D eigenvalue weighted by Gasteiger charge is 2.07. The molecule has 0 aliphatic carbocycles. The zero-order valence-electron chi connectivity index (χ0n) is 9.00. The molecule has 1 aromatic carbocycles. The summed E-state index contributed by atoms with van der Waals surface area (Å²) in [6.07, 6.45) is 0. The zero-order valence-corrected chi connectivity index (χ0v) is 9.81. The number of rotatable bonds is 4. The number of aromatic nitrogens is 4. The summed E-state index contributed by atoms with van der Waals surface area (Å²) in [5.41, 5.74) is 2.07. The second kappa shape index (κ2) is 4.94. The Labute approximate surface area is 98.4 Å². The highest BCUT2D eigenvalue weighted by Crippen LogP contribution is 2.19. The summed E-state index contributed by atoms with van der Waals surface area (Å²) in [6.45, 7) is 5.85. The van der Waals surface area contributed by atoms with E-state index in [4.69, 9.17) is 0 Å². The number of nitrogens with zero attached hydrogens (tertiary/aromatic N) is 4. The molecule has 0 N–H and O–H groups in total. The van der Waals surface area contributed by atoms with E-state index in [-0.39, 0.29) is 0 Å². The molecule has 4 nitrogen and oxygen atoms in total. The molecule has 2 aromatic rings. The van der Waals surface area contributed by atoms with Crippen molar-refractivity contribution in [2.24, 2.45) is 0 Å². The van der Waals surface area contributed by atoms with Crippen LogP contribution in [0.25, 0.3) is 5.69 Å². The van der Waals surface area contributed by atoms with Gasteiger partial charge < -0.3 is 0 Å². The first-order chi connectivity index (χ1) is 7.77. The van der Waals surface area contributed by atoms with Crippen LogP contribution < -0.4 is 0 Å². The molecule has 0 radical (unpaired) electrons. The Morgan fingerprint density at radius 2 is 2.12 bits per heavy atom. The molecular weight excluding hydrogens is 220 g/mol. The Morgan fingerprint density at radius 1 is 1.38 bits per heavy atom. The molecule has 0 saturated heterocycles. The van der Waals surface area contributed by atoms with Gasteiger partial charge in [0.05, 0.1) is 5.69 Å². The Kier molecular flexibility index (Phi) is 3.36. The first kappa shape index (κ1) is 10.9. The molecule has 16 heavy (non-hydrogen) atoms. The maximum atomic E-state index is 3.99. The van der Waals surface area contributed by atoms with Gasteiger partial charge in [-0.15, -0.1) is 5.10 Å². The molecule has 2 rings (SSSR count). The molecule has 0 saturated carbocycles. The van der Waals surface area contributed by atoms with E-state index < -0.39 is 0 Å². The van der Waals surface area contributed by atoms with Gasteiger partial charge in [-0.05, 0) is 29.5 Å². The summed E-state index contributed by atoms with van der Waals surface area (Å²) in [4.78, 5) is 0. The van der Waals surface area contributed by atoms with E-state index in [0.29, 0.717) is 0 Å². The van der Waals surface area contributed by atoms with Crippen molar-refractivity contribution in [1.82, 2.24) is 20.2 Å². The van der Waals surface area contributed by atoms with Gasteiger partial charge in [-0.1, -0.05) is 42.1 Å². The van der Waals surface area contributed by atoms with Crippen LogP contribution in [-0.4, -0.2) is 26.0 Å². The molecule has 0 unspecified atom stereocenters. The molecule has 0 aliphatic rings. The van der Waals surface area contributed by atoms with Crippen molar-refractivity contribution in [2.75, 3.05) is 5.75 Å². The summed E-state index contributed by atoms with van der Waals surface area (Å²) < 4.78 is 1.73. The summed E-state index contributed by atoms with van der Waals surface area (Å²) in [5, 5.41) is 12.4. The van der Waals surface area contributed by atoms with Gasteiger partial charge in [0.1, 0.15) is 0 Å². The van der Waals surface area contributed by atoms with Crippen LogP contribution in [0.15, 0.2) is 47.6 Å². The SMILES string of the molecule is C=C(C)CSc1nnnn1-c1ccccc1. The topological polar surface area (TPSA) is 43.6 Å². The maximum Gasteiger partial charge on any atom is 0.214 e. The zero-order chi connectivity index (χ0) is 11.4. The number of benzene rings is 1. The molecule has 0 spiro atoms. The molecule has 0 fully saturated rings. The second-order valence-electron chi connectivity index (χ2n) is 3.45. The van der Waals surface area contributed by atoms with Gasteiger partial charge in [0.25, 0.3) is 0 Å². The Hall–Kier alpha value is -1.62.